The molecule has 0 fully saturated rings. The highest BCUT2D eigenvalue weighted by molar-refractivity contribution is 7.10. The first-order valence-corrected chi connectivity index (χ1v) is 6.70. The fourth-order valence-corrected chi connectivity index (χ4v) is 2.98. The molecule has 0 bridgehead atoms. The molecule has 0 saturated carbocycles. The van der Waals surface area contributed by atoms with Gasteiger partial charge in [-0.1, -0.05) is 0 Å². The van der Waals surface area contributed by atoms with Crippen LogP contribution < -0.4 is 5.73 Å². The number of aryl methyl sites for hydroxylation is 1. The van der Waals surface area contributed by atoms with Crippen molar-refractivity contribution in [1.82, 2.24) is 4.90 Å². The minimum absolute atomic E-state index is 0.143. The first kappa shape index (κ1) is 14.6. The van der Waals surface area contributed by atoms with Crippen molar-refractivity contribution in [1.29, 1.82) is 0 Å². The molecule has 1 heterocycles. The fourth-order valence-electron chi connectivity index (χ4n) is 1.91. The number of nitrogens with zero attached hydrogens (tertiary/aromatic N) is 1. The van der Waals surface area contributed by atoms with Crippen molar-refractivity contribution < 1.29 is 9.84 Å². The van der Waals surface area contributed by atoms with Crippen LogP contribution in [0.1, 0.15) is 16.5 Å². The van der Waals surface area contributed by atoms with E-state index in [0.29, 0.717) is 19.7 Å². The van der Waals surface area contributed by atoms with Crippen molar-refractivity contribution >= 4 is 11.3 Å². The van der Waals surface area contributed by atoms with Gasteiger partial charge in [0, 0.05) is 31.6 Å². The zero-order valence-electron chi connectivity index (χ0n) is 10.6. The van der Waals surface area contributed by atoms with Gasteiger partial charge in [-0.3, -0.25) is 4.90 Å². The molecule has 0 amide bonds. The Balaban J connectivity index is 2.77. The van der Waals surface area contributed by atoms with Crippen LogP contribution in [0.5, 0.6) is 0 Å². The quantitative estimate of drug-likeness (QED) is 0.730. The standard InChI is InChI=1S/C12H22N2O2S/c1-10-3-8-17-12(10)11(9-13)14(4-6-15)5-7-16-2/h3,8,11,15H,4-7,9,13H2,1-2H3. The van der Waals surface area contributed by atoms with Crippen LogP contribution in [-0.2, 0) is 4.74 Å². The summed E-state index contributed by atoms with van der Waals surface area (Å²) in [6.45, 7) is 4.87. The molecule has 1 unspecified atom stereocenters. The van der Waals surface area contributed by atoms with Gasteiger partial charge in [0.15, 0.2) is 0 Å². The van der Waals surface area contributed by atoms with Crippen molar-refractivity contribution in [2.75, 3.05) is 40.0 Å². The second-order valence-corrected chi connectivity index (χ2v) is 4.92. The summed E-state index contributed by atoms with van der Waals surface area (Å²) in [6, 6.07) is 2.29. The molecular weight excluding hydrogens is 236 g/mol. The van der Waals surface area contributed by atoms with Crippen molar-refractivity contribution in [2.24, 2.45) is 5.73 Å². The average molecular weight is 258 g/mol. The summed E-state index contributed by atoms with van der Waals surface area (Å²) >= 11 is 1.73. The van der Waals surface area contributed by atoms with E-state index in [9.17, 15) is 0 Å². The van der Waals surface area contributed by atoms with E-state index in [4.69, 9.17) is 15.6 Å². The summed E-state index contributed by atoms with van der Waals surface area (Å²) in [5.41, 5.74) is 7.15. The summed E-state index contributed by atoms with van der Waals surface area (Å²) < 4.78 is 5.10. The third-order valence-corrected chi connectivity index (χ3v) is 3.96. The van der Waals surface area contributed by atoms with Crippen LogP contribution >= 0.6 is 11.3 Å². The van der Waals surface area contributed by atoms with E-state index < -0.39 is 0 Å². The topological polar surface area (TPSA) is 58.7 Å². The summed E-state index contributed by atoms with van der Waals surface area (Å²) in [5.74, 6) is 0. The minimum Gasteiger partial charge on any atom is -0.395 e. The molecule has 98 valence electrons. The molecule has 0 aromatic carbocycles. The number of ether oxygens (including phenoxy) is 1. The van der Waals surface area contributed by atoms with Gasteiger partial charge < -0.3 is 15.6 Å². The van der Waals surface area contributed by atoms with E-state index in [1.807, 2.05) is 0 Å². The SMILES string of the molecule is COCCN(CCO)C(CN)c1sccc1C. The largest absolute Gasteiger partial charge is 0.395 e. The van der Waals surface area contributed by atoms with Gasteiger partial charge in [0.1, 0.15) is 0 Å². The second-order valence-electron chi connectivity index (χ2n) is 3.97. The van der Waals surface area contributed by atoms with Crippen molar-refractivity contribution in [3.8, 4) is 0 Å². The van der Waals surface area contributed by atoms with Crippen LogP contribution in [0.2, 0.25) is 0 Å². The zero-order valence-corrected chi connectivity index (χ0v) is 11.4. The average Bonchev–Trinajstić information content (AvgIpc) is 2.74. The van der Waals surface area contributed by atoms with Gasteiger partial charge in [0.25, 0.3) is 0 Å². The molecule has 0 aliphatic heterocycles. The van der Waals surface area contributed by atoms with Crippen LogP contribution in [0, 0.1) is 6.92 Å². The van der Waals surface area contributed by atoms with Gasteiger partial charge in [-0.15, -0.1) is 11.3 Å². The van der Waals surface area contributed by atoms with E-state index in [1.165, 1.54) is 10.4 Å². The zero-order chi connectivity index (χ0) is 12.7. The maximum atomic E-state index is 9.13. The van der Waals surface area contributed by atoms with Gasteiger partial charge >= 0.3 is 0 Å². The predicted molar refractivity (Wildman–Crippen MR) is 71.4 cm³/mol. The van der Waals surface area contributed by atoms with Gasteiger partial charge in [0.2, 0.25) is 0 Å². The van der Waals surface area contributed by atoms with Crippen LogP contribution in [0.25, 0.3) is 0 Å². The van der Waals surface area contributed by atoms with Crippen molar-refractivity contribution in [3.63, 3.8) is 0 Å². The van der Waals surface area contributed by atoms with E-state index in [1.54, 1.807) is 18.4 Å². The highest BCUT2D eigenvalue weighted by Crippen LogP contribution is 2.27. The third kappa shape index (κ3) is 4.04. The van der Waals surface area contributed by atoms with Crippen LogP contribution in [0.3, 0.4) is 0 Å². The first-order valence-electron chi connectivity index (χ1n) is 5.82. The third-order valence-electron chi connectivity index (χ3n) is 2.84. The normalized spacial score (nSPS) is 13.2. The molecular formula is C12H22N2O2S. The van der Waals surface area contributed by atoms with Gasteiger partial charge in [0.05, 0.1) is 19.3 Å². The Labute approximate surface area is 107 Å². The first-order chi connectivity index (χ1) is 8.24. The number of nitrogens with two attached hydrogens (primary N) is 1. The Kier molecular flexibility index (Phi) is 6.69. The van der Waals surface area contributed by atoms with Crippen molar-refractivity contribution in [2.45, 2.75) is 13.0 Å². The molecule has 3 N–H and O–H groups in total. The lowest BCUT2D eigenvalue weighted by Gasteiger charge is -2.30. The molecule has 17 heavy (non-hydrogen) atoms. The molecule has 0 spiro atoms. The second kappa shape index (κ2) is 7.79. The Morgan fingerprint density at radius 3 is 2.76 bits per heavy atom. The lowest BCUT2D eigenvalue weighted by atomic mass is 10.1. The number of thiophene rings is 1. The molecule has 1 rings (SSSR count). The number of aliphatic hydroxyl groups is 1. The van der Waals surface area contributed by atoms with Crippen LogP contribution in [0.4, 0.5) is 0 Å². The highest BCUT2D eigenvalue weighted by Gasteiger charge is 2.20. The number of hydrogen-bond donors (Lipinski definition) is 2. The summed E-state index contributed by atoms with van der Waals surface area (Å²) in [5, 5.41) is 11.2. The minimum atomic E-state index is 0.143. The highest BCUT2D eigenvalue weighted by atomic mass is 32.1. The molecule has 5 heteroatoms. The van der Waals surface area contributed by atoms with E-state index in [0.717, 1.165) is 6.54 Å². The molecule has 0 aliphatic rings. The predicted octanol–water partition coefficient (Wildman–Crippen LogP) is 0.997. The smallest absolute Gasteiger partial charge is 0.0589 e. The fraction of sp³-hybridized carbons (Fsp3) is 0.667. The van der Waals surface area contributed by atoms with E-state index in [-0.39, 0.29) is 12.6 Å². The van der Waals surface area contributed by atoms with Crippen LogP contribution in [-0.4, -0.2) is 50.0 Å². The number of hydrogen-bond acceptors (Lipinski definition) is 5. The Bertz CT molecular complexity index is 317. The van der Waals surface area contributed by atoms with Crippen molar-refractivity contribution in [3.05, 3.63) is 21.9 Å². The molecule has 0 radical (unpaired) electrons. The summed E-state index contributed by atoms with van der Waals surface area (Å²) in [4.78, 5) is 3.47. The Hall–Kier alpha value is -0.460. The lowest BCUT2D eigenvalue weighted by molar-refractivity contribution is 0.104. The molecule has 0 aliphatic carbocycles. The monoisotopic (exact) mass is 258 g/mol. The Morgan fingerprint density at radius 2 is 2.29 bits per heavy atom. The molecule has 0 saturated heterocycles. The summed E-state index contributed by atoms with van der Waals surface area (Å²) in [7, 11) is 1.69. The Morgan fingerprint density at radius 1 is 1.53 bits per heavy atom. The molecule has 1 atom stereocenters. The van der Waals surface area contributed by atoms with Gasteiger partial charge in [-0.2, -0.15) is 0 Å². The lowest BCUT2D eigenvalue weighted by Crippen LogP contribution is -2.37. The van der Waals surface area contributed by atoms with E-state index >= 15 is 0 Å². The van der Waals surface area contributed by atoms with Crippen LogP contribution in [0.15, 0.2) is 11.4 Å². The molecule has 1 aromatic heterocycles. The van der Waals surface area contributed by atoms with E-state index in [2.05, 4.69) is 23.3 Å². The summed E-state index contributed by atoms with van der Waals surface area (Å²) in [6.07, 6.45) is 0. The maximum absolute atomic E-state index is 9.13. The van der Waals surface area contributed by atoms with Gasteiger partial charge in [-0.05, 0) is 23.9 Å². The van der Waals surface area contributed by atoms with Gasteiger partial charge in [-0.25, -0.2) is 0 Å². The number of methoxy groups -OCH3 is 1. The molecule has 1 aromatic rings. The number of rotatable bonds is 8. The molecule has 4 nitrogen and oxygen atoms in total. The maximum Gasteiger partial charge on any atom is 0.0589 e. The number of aliphatic hydroxyl groups excluding tert-OH is 1.